The largest absolute Gasteiger partial charge is 0.507 e. The Bertz CT molecular complexity index is 1370. The van der Waals surface area contributed by atoms with Gasteiger partial charge in [-0.25, -0.2) is 0 Å². The Hall–Kier alpha value is -4.40. The van der Waals surface area contributed by atoms with Crippen LogP contribution in [0.5, 0.6) is 23.0 Å². The first-order chi connectivity index (χ1) is 17.0. The molecule has 4 aromatic rings. The van der Waals surface area contributed by atoms with E-state index in [0.717, 1.165) is 11.1 Å². The molecule has 1 amide bonds. The third kappa shape index (κ3) is 3.65. The van der Waals surface area contributed by atoms with Gasteiger partial charge >= 0.3 is 0 Å². The molecular formula is C26H25N3O6. The lowest BCUT2D eigenvalue weighted by Gasteiger charge is -2.27. The SMILES string of the molecule is COc1cc([C@H]2c3c(-c4cc(C)ccc4O)n[nH]c3C(=O)N2Cc2ccco2)cc(OC)c1OC. The zero-order valence-corrected chi connectivity index (χ0v) is 19.8. The average molecular weight is 476 g/mol. The molecule has 3 heterocycles. The van der Waals surface area contributed by atoms with Crippen LogP contribution < -0.4 is 14.2 Å². The van der Waals surface area contributed by atoms with Crippen molar-refractivity contribution in [1.29, 1.82) is 0 Å². The molecular weight excluding hydrogens is 450 g/mol. The summed E-state index contributed by atoms with van der Waals surface area (Å²) in [4.78, 5) is 15.3. The second kappa shape index (κ2) is 8.75. The zero-order chi connectivity index (χ0) is 24.7. The molecule has 0 saturated carbocycles. The van der Waals surface area contributed by atoms with Crippen molar-refractivity contribution in [2.24, 2.45) is 0 Å². The number of nitrogens with one attached hydrogen (secondary N) is 1. The van der Waals surface area contributed by atoms with Gasteiger partial charge in [-0.3, -0.25) is 9.89 Å². The summed E-state index contributed by atoms with van der Waals surface area (Å²) in [6, 6.07) is 11.9. The molecule has 0 unspecified atom stereocenters. The molecule has 180 valence electrons. The van der Waals surface area contributed by atoms with E-state index >= 15 is 0 Å². The van der Waals surface area contributed by atoms with Crippen LogP contribution in [0, 0.1) is 6.92 Å². The summed E-state index contributed by atoms with van der Waals surface area (Å²) in [6.45, 7) is 2.16. The van der Waals surface area contributed by atoms with E-state index in [-0.39, 0.29) is 18.2 Å². The molecule has 5 rings (SSSR count). The number of furan rings is 1. The number of phenolic OH excluding ortho intramolecular Hbond substituents is 1. The van der Waals surface area contributed by atoms with Crippen LogP contribution in [0.3, 0.4) is 0 Å². The van der Waals surface area contributed by atoms with Crippen LogP contribution in [-0.4, -0.2) is 47.4 Å². The predicted octanol–water partition coefficient (Wildman–Crippen LogP) is 4.45. The van der Waals surface area contributed by atoms with Crippen LogP contribution in [0.15, 0.2) is 53.1 Å². The summed E-state index contributed by atoms with van der Waals surface area (Å²) < 4.78 is 22.2. The minimum absolute atomic E-state index is 0.0745. The summed E-state index contributed by atoms with van der Waals surface area (Å²) >= 11 is 0. The number of benzene rings is 2. The molecule has 0 aliphatic carbocycles. The fraction of sp³-hybridized carbons (Fsp3) is 0.231. The Morgan fingerprint density at radius 3 is 2.46 bits per heavy atom. The molecule has 2 aromatic heterocycles. The molecule has 0 radical (unpaired) electrons. The van der Waals surface area contributed by atoms with E-state index in [2.05, 4.69) is 10.2 Å². The lowest BCUT2D eigenvalue weighted by atomic mass is 9.94. The molecule has 0 spiro atoms. The van der Waals surface area contributed by atoms with Gasteiger partial charge in [-0.15, -0.1) is 0 Å². The Morgan fingerprint density at radius 2 is 1.83 bits per heavy atom. The number of carbonyl (C=O) groups is 1. The maximum absolute atomic E-state index is 13.6. The van der Waals surface area contributed by atoms with E-state index in [9.17, 15) is 9.90 Å². The molecule has 1 aliphatic rings. The van der Waals surface area contributed by atoms with Crippen LogP contribution in [-0.2, 0) is 6.54 Å². The number of aromatic hydroxyl groups is 1. The van der Waals surface area contributed by atoms with E-state index in [1.165, 1.54) is 7.11 Å². The molecule has 9 nitrogen and oxygen atoms in total. The number of amides is 1. The number of nitrogens with zero attached hydrogens (tertiary/aromatic N) is 2. The molecule has 2 N–H and O–H groups in total. The second-order valence-electron chi connectivity index (χ2n) is 8.26. The smallest absolute Gasteiger partial charge is 0.273 e. The topological polar surface area (TPSA) is 110 Å². The van der Waals surface area contributed by atoms with Crippen LogP contribution in [0.2, 0.25) is 0 Å². The summed E-state index contributed by atoms with van der Waals surface area (Å²) in [5.74, 6) is 1.85. The third-order valence-electron chi connectivity index (χ3n) is 6.18. The van der Waals surface area contributed by atoms with Gasteiger partial charge in [0.2, 0.25) is 5.75 Å². The standard InChI is InChI=1S/C26H25N3O6/c1-14-7-8-18(30)17(10-14)22-21-23(28-27-22)26(31)29(13-16-6-5-9-35-16)24(21)15-11-19(32-2)25(34-4)20(12-15)33-3/h5-12,24,30H,13H2,1-4H3,(H,27,28)/t24-/m0/s1. The normalized spacial score (nSPS) is 14.8. The van der Waals surface area contributed by atoms with E-state index < -0.39 is 6.04 Å². The van der Waals surface area contributed by atoms with Gasteiger partial charge in [0, 0.05) is 11.1 Å². The predicted molar refractivity (Wildman–Crippen MR) is 127 cm³/mol. The van der Waals surface area contributed by atoms with Gasteiger partial charge in [0.25, 0.3) is 5.91 Å². The van der Waals surface area contributed by atoms with Crippen molar-refractivity contribution in [3.8, 4) is 34.3 Å². The summed E-state index contributed by atoms with van der Waals surface area (Å²) in [5, 5.41) is 18.0. The van der Waals surface area contributed by atoms with Gasteiger partial charge in [0.15, 0.2) is 11.5 Å². The van der Waals surface area contributed by atoms with Crippen molar-refractivity contribution < 1.29 is 28.5 Å². The number of aromatic amines is 1. The first kappa shape index (κ1) is 22.4. The van der Waals surface area contributed by atoms with Gasteiger partial charge in [0.1, 0.15) is 22.9 Å². The molecule has 0 bridgehead atoms. The minimum Gasteiger partial charge on any atom is -0.507 e. The minimum atomic E-state index is -0.565. The van der Waals surface area contributed by atoms with Crippen molar-refractivity contribution >= 4 is 5.91 Å². The van der Waals surface area contributed by atoms with Gasteiger partial charge in [-0.2, -0.15) is 5.10 Å². The number of aryl methyl sites for hydroxylation is 1. The molecule has 0 saturated heterocycles. The fourth-order valence-corrected chi connectivity index (χ4v) is 4.58. The number of fused-ring (bicyclic) bond motifs is 1. The number of carbonyl (C=O) groups excluding carboxylic acids is 1. The van der Waals surface area contributed by atoms with Gasteiger partial charge in [-0.05, 0) is 48.9 Å². The highest BCUT2D eigenvalue weighted by atomic mass is 16.5. The number of ether oxygens (including phenoxy) is 3. The second-order valence-corrected chi connectivity index (χ2v) is 8.26. The van der Waals surface area contributed by atoms with E-state index in [4.69, 9.17) is 18.6 Å². The Labute approximate surface area is 201 Å². The quantitative estimate of drug-likeness (QED) is 0.406. The average Bonchev–Trinajstić information content (AvgIpc) is 3.59. The number of hydrogen-bond donors (Lipinski definition) is 2. The summed E-state index contributed by atoms with van der Waals surface area (Å²) in [6.07, 6.45) is 1.57. The van der Waals surface area contributed by atoms with E-state index in [1.54, 1.807) is 37.5 Å². The van der Waals surface area contributed by atoms with Gasteiger partial charge in [-0.1, -0.05) is 11.6 Å². The maximum atomic E-state index is 13.6. The molecule has 0 fully saturated rings. The van der Waals surface area contributed by atoms with Crippen LogP contribution in [0.1, 0.15) is 39.0 Å². The summed E-state index contributed by atoms with van der Waals surface area (Å²) in [7, 11) is 4.62. The highest BCUT2D eigenvalue weighted by molar-refractivity contribution is 6.00. The molecule has 9 heteroatoms. The number of hydrogen-bond acceptors (Lipinski definition) is 7. The molecule has 1 aliphatic heterocycles. The zero-order valence-electron chi connectivity index (χ0n) is 19.8. The van der Waals surface area contributed by atoms with Crippen molar-refractivity contribution in [2.45, 2.75) is 19.5 Å². The lowest BCUT2D eigenvalue weighted by Crippen LogP contribution is -2.29. The van der Waals surface area contributed by atoms with Crippen LogP contribution in [0.25, 0.3) is 11.3 Å². The third-order valence-corrected chi connectivity index (χ3v) is 6.18. The summed E-state index contributed by atoms with van der Waals surface area (Å²) in [5.41, 5.74) is 3.72. The van der Waals surface area contributed by atoms with Crippen molar-refractivity contribution in [3.63, 3.8) is 0 Å². The number of rotatable bonds is 7. The number of H-pyrrole nitrogens is 1. The maximum Gasteiger partial charge on any atom is 0.273 e. The highest BCUT2D eigenvalue weighted by Gasteiger charge is 2.43. The van der Waals surface area contributed by atoms with E-state index in [0.29, 0.717) is 45.5 Å². The number of phenols is 1. The number of aromatic nitrogens is 2. The van der Waals surface area contributed by atoms with Gasteiger partial charge < -0.3 is 28.6 Å². The first-order valence-electron chi connectivity index (χ1n) is 11.0. The highest BCUT2D eigenvalue weighted by Crippen LogP contribution is 2.48. The first-order valence-corrected chi connectivity index (χ1v) is 11.0. The molecule has 1 atom stereocenters. The number of methoxy groups -OCH3 is 3. The molecule has 2 aromatic carbocycles. The van der Waals surface area contributed by atoms with Gasteiger partial charge in [0.05, 0.1) is 40.2 Å². The Balaban J connectivity index is 1.74. The van der Waals surface area contributed by atoms with E-state index in [1.807, 2.05) is 37.3 Å². The van der Waals surface area contributed by atoms with Crippen molar-refractivity contribution in [2.75, 3.05) is 21.3 Å². The monoisotopic (exact) mass is 475 g/mol. The lowest BCUT2D eigenvalue weighted by molar-refractivity contribution is 0.0716. The fourth-order valence-electron chi connectivity index (χ4n) is 4.58. The Kier molecular flexibility index (Phi) is 5.60. The molecule has 35 heavy (non-hydrogen) atoms. The van der Waals surface area contributed by atoms with Crippen molar-refractivity contribution in [3.05, 3.63) is 76.9 Å². The Morgan fingerprint density at radius 1 is 1.09 bits per heavy atom. The van der Waals surface area contributed by atoms with Crippen molar-refractivity contribution in [1.82, 2.24) is 15.1 Å². The van der Waals surface area contributed by atoms with Crippen LogP contribution in [0.4, 0.5) is 0 Å². The van der Waals surface area contributed by atoms with Crippen LogP contribution >= 0.6 is 0 Å².